The highest BCUT2D eigenvalue weighted by molar-refractivity contribution is 5.91. The van der Waals surface area contributed by atoms with Gasteiger partial charge in [-0.1, -0.05) is 32.0 Å². The van der Waals surface area contributed by atoms with Gasteiger partial charge in [-0.25, -0.2) is 0 Å². The van der Waals surface area contributed by atoms with Gasteiger partial charge in [-0.05, 0) is 38.6 Å². The minimum Gasteiger partial charge on any atom is -0.384 e. The minimum atomic E-state index is 0.224. The Labute approximate surface area is 122 Å². The summed E-state index contributed by atoms with van der Waals surface area (Å²) in [6.07, 6.45) is 0. The lowest BCUT2D eigenvalue weighted by Crippen LogP contribution is -2.34. The van der Waals surface area contributed by atoms with Gasteiger partial charge in [0.05, 0.1) is 5.52 Å². The molecule has 3 nitrogen and oxygen atoms in total. The first-order chi connectivity index (χ1) is 9.37. The highest BCUT2D eigenvalue weighted by Crippen LogP contribution is 2.25. The average Bonchev–Trinajstić information content (AvgIpc) is 2.34. The van der Waals surface area contributed by atoms with Gasteiger partial charge in [0.15, 0.2) is 0 Å². The van der Waals surface area contributed by atoms with Gasteiger partial charge in [0.2, 0.25) is 0 Å². The van der Waals surface area contributed by atoms with E-state index in [4.69, 9.17) is 0 Å². The third-order valence-corrected chi connectivity index (χ3v) is 3.35. The number of hydrogen-bond donors (Lipinski definition) is 1. The van der Waals surface area contributed by atoms with E-state index in [1.54, 1.807) is 0 Å². The molecule has 1 heterocycles. The van der Waals surface area contributed by atoms with Gasteiger partial charge in [-0.15, -0.1) is 0 Å². The third-order valence-electron chi connectivity index (χ3n) is 3.35. The fraction of sp³-hybridized carbons (Fsp3) is 0.471. The summed E-state index contributed by atoms with van der Waals surface area (Å²) in [5.74, 6) is 0. The van der Waals surface area contributed by atoms with Gasteiger partial charge in [-0.2, -0.15) is 0 Å². The van der Waals surface area contributed by atoms with Gasteiger partial charge in [0.1, 0.15) is 0 Å². The fourth-order valence-corrected chi connectivity index (χ4v) is 2.70. The van der Waals surface area contributed by atoms with E-state index in [0.29, 0.717) is 0 Å². The number of fused-ring (bicyclic) bond motifs is 1. The molecule has 108 valence electrons. The van der Waals surface area contributed by atoms with E-state index >= 15 is 0 Å². The fourth-order valence-electron chi connectivity index (χ4n) is 2.70. The molecule has 2 rings (SSSR count). The Bertz CT molecular complexity index is 588. The van der Waals surface area contributed by atoms with Crippen molar-refractivity contribution < 1.29 is 0 Å². The highest BCUT2D eigenvalue weighted by atomic mass is 15.1. The summed E-state index contributed by atoms with van der Waals surface area (Å²) in [5, 5.41) is 4.80. The molecule has 1 aromatic heterocycles. The molecule has 0 radical (unpaired) electrons. The number of rotatable bonds is 5. The molecule has 2 aromatic rings. The molecule has 0 saturated heterocycles. The molecule has 20 heavy (non-hydrogen) atoms. The van der Waals surface area contributed by atoms with Crippen LogP contribution in [0.5, 0.6) is 0 Å². The Balaban J connectivity index is 2.21. The lowest BCUT2D eigenvalue weighted by molar-refractivity contribution is 0.254. The number of aromatic nitrogens is 1. The molecule has 0 spiro atoms. The summed E-state index contributed by atoms with van der Waals surface area (Å²) in [6.45, 7) is 8.62. The zero-order valence-corrected chi connectivity index (χ0v) is 13.2. The minimum absolute atomic E-state index is 0.224. The molecule has 0 unspecified atom stereocenters. The average molecular weight is 271 g/mol. The third kappa shape index (κ3) is 3.70. The van der Waals surface area contributed by atoms with Crippen molar-refractivity contribution in [2.45, 2.75) is 20.8 Å². The number of hydrogen-bond acceptors (Lipinski definition) is 3. The number of nitrogens with one attached hydrogen (secondary N) is 1. The second kappa shape index (κ2) is 5.80. The van der Waals surface area contributed by atoms with E-state index in [9.17, 15) is 0 Å². The second-order valence-corrected chi connectivity index (χ2v) is 6.58. The molecule has 0 atom stereocenters. The molecule has 0 amide bonds. The number of anilines is 1. The van der Waals surface area contributed by atoms with E-state index in [0.717, 1.165) is 24.3 Å². The van der Waals surface area contributed by atoms with Crippen molar-refractivity contribution >= 4 is 16.6 Å². The predicted molar refractivity (Wildman–Crippen MR) is 87.3 cm³/mol. The van der Waals surface area contributed by atoms with Crippen molar-refractivity contribution in [3.63, 3.8) is 0 Å². The number of benzene rings is 1. The Morgan fingerprint density at radius 2 is 1.90 bits per heavy atom. The lowest BCUT2D eigenvalue weighted by Gasteiger charge is -2.29. The highest BCUT2D eigenvalue weighted by Gasteiger charge is 2.19. The molecule has 1 N–H and O–H groups in total. The van der Waals surface area contributed by atoms with E-state index in [1.165, 1.54) is 11.1 Å². The summed E-state index contributed by atoms with van der Waals surface area (Å²) in [6, 6.07) is 10.4. The Morgan fingerprint density at radius 3 is 2.60 bits per heavy atom. The topological polar surface area (TPSA) is 28.2 Å². The Hall–Kier alpha value is -1.61. The number of nitrogens with zero attached hydrogens (tertiary/aromatic N) is 2. The van der Waals surface area contributed by atoms with Crippen LogP contribution >= 0.6 is 0 Å². The zero-order valence-electron chi connectivity index (χ0n) is 13.2. The maximum atomic E-state index is 4.58. The van der Waals surface area contributed by atoms with Gasteiger partial charge in [-0.3, -0.25) is 4.98 Å². The van der Waals surface area contributed by atoms with Crippen LogP contribution in [-0.2, 0) is 0 Å². The SMILES string of the molecule is Cc1cc(NCC(C)(C)CN(C)C)c2ccccc2n1. The molecule has 0 saturated carbocycles. The number of aryl methyl sites for hydroxylation is 1. The van der Waals surface area contributed by atoms with Gasteiger partial charge in [0, 0.05) is 29.9 Å². The van der Waals surface area contributed by atoms with Crippen molar-refractivity contribution in [2.75, 3.05) is 32.5 Å². The molecule has 1 aromatic carbocycles. The first-order valence-electron chi connectivity index (χ1n) is 7.12. The van der Waals surface area contributed by atoms with E-state index in [1.807, 2.05) is 13.0 Å². The van der Waals surface area contributed by atoms with Gasteiger partial charge in [0.25, 0.3) is 0 Å². The van der Waals surface area contributed by atoms with Crippen molar-refractivity contribution in [1.29, 1.82) is 0 Å². The monoisotopic (exact) mass is 271 g/mol. The zero-order chi connectivity index (χ0) is 14.8. The summed E-state index contributed by atoms with van der Waals surface area (Å²) in [7, 11) is 4.24. The van der Waals surface area contributed by atoms with Crippen LogP contribution < -0.4 is 5.32 Å². The molecule has 0 aliphatic rings. The van der Waals surface area contributed by atoms with Crippen LogP contribution in [0.3, 0.4) is 0 Å². The standard InChI is InChI=1S/C17H25N3/c1-13-10-16(14-8-6-7-9-15(14)19-13)18-11-17(2,3)12-20(4)5/h6-10H,11-12H2,1-5H3,(H,18,19). The van der Waals surface area contributed by atoms with Gasteiger partial charge >= 0.3 is 0 Å². The molecule has 0 aliphatic heterocycles. The number of para-hydroxylation sites is 1. The maximum Gasteiger partial charge on any atom is 0.0725 e. The molecular weight excluding hydrogens is 246 g/mol. The van der Waals surface area contributed by atoms with Crippen molar-refractivity contribution in [1.82, 2.24) is 9.88 Å². The van der Waals surface area contributed by atoms with Crippen LogP contribution in [0.25, 0.3) is 10.9 Å². The first kappa shape index (κ1) is 14.8. The first-order valence-corrected chi connectivity index (χ1v) is 7.12. The summed E-state index contributed by atoms with van der Waals surface area (Å²) in [4.78, 5) is 6.81. The lowest BCUT2D eigenvalue weighted by atomic mass is 9.92. The second-order valence-electron chi connectivity index (χ2n) is 6.58. The quantitative estimate of drug-likeness (QED) is 0.901. The van der Waals surface area contributed by atoms with E-state index in [-0.39, 0.29) is 5.41 Å². The van der Waals surface area contributed by atoms with Crippen molar-refractivity contribution in [3.8, 4) is 0 Å². The van der Waals surface area contributed by atoms with Crippen LogP contribution in [0.1, 0.15) is 19.5 Å². The van der Waals surface area contributed by atoms with Crippen LogP contribution in [0.15, 0.2) is 30.3 Å². The number of pyridine rings is 1. The van der Waals surface area contributed by atoms with Crippen LogP contribution in [0.2, 0.25) is 0 Å². The molecule has 0 aliphatic carbocycles. The van der Waals surface area contributed by atoms with Crippen molar-refractivity contribution in [2.24, 2.45) is 5.41 Å². The van der Waals surface area contributed by atoms with Crippen LogP contribution in [-0.4, -0.2) is 37.1 Å². The molecule has 3 heteroatoms. The largest absolute Gasteiger partial charge is 0.384 e. The molecule has 0 bridgehead atoms. The summed E-state index contributed by atoms with van der Waals surface area (Å²) in [5.41, 5.74) is 3.51. The normalized spacial score (nSPS) is 12.1. The van der Waals surface area contributed by atoms with E-state index < -0.39 is 0 Å². The van der Waals surface area contributed by atoms with Gasteiger partial charge < -0.3 is 10.2 Å². The summed E-state index contributed by atoms with van der Waals surface area (Å²) < 4.78 is 0. The smallest absolute Gasteiger partial charge is 0.0725 e. The Morgan fingerprint density at radius 1 is 1.20 bits per heavy atom. The Kier molecular flexibility index (Phi) is 4.29. The predicted octanol–water partition coefficient (Wildman–Crippen LogP) is 3.54. The van der Waals surface area contributed by atoms with Crippen molar-refractivity contribution in [3.05, 3.63) is 36.0 Å². The molecule has 0 fully saturated rings. The van der Waals surface area contributed by atoms with Crippen LogP contribution in [0.4, 0.5) is 5.69 Å². The maximum absolute atomic E-state index is 4.58. The van der Waals surface area contributed by atoms with Crippen LogP contribution in [0, 0.1) is 12.3 Å². The molecular formula is C17H25N3. The van der Waals surface area contributed by atoms with E-state index in [2.05, 4.69) is 67.4 Å². The summed E-state index contributed by atoms with van der Waals surface area (Å²) >= 11 is 0.